The lowest BCUT2D eigenvalue weighted by Crippen LogP contribution is -2.28. The van der Waals surface area contributed by atoms with Crippen molar-refractivity contribution in [2.24, 2.45) is 0 Å². The van der Waals surface area contributed by atoms with Crippen molar-refractivity contribution < 1.29 is 18.0 Å². The molecule has 150 valence electrons. The van der Waals surface area contributed by atoms with Gasteiger partial charge >= 0.3 is 0 Å². The molecule has 3 N–H and O–H groups in total. The summed E-state index contributed by atoms with van der Waals surface area (Å²) in [6.07, 6.45) is 0.805. The average molecular weight is 404 g/mol. The van der Waals surface area contributed by atoms with Gasteiger partial charge in [0.25, 0.3) is 0 Å². The minimum atomic E-state index is -3.74. The summed E-state index contributed by atoms with van der Waals surface area (Å²) in [5, 5.41) is 5.44. The van der Waals surface area contributed by atoms with Gasteiger partial charge in [0.15, 0.2) is 0 Å². The second-order valence-corrected chi connectivity index (χ2v) is 8.13. The van der Waals surface area contributed by atoms with Gasteiger partial charge in [0.05, 0.1) is 4.90 Å². The highest BCUT2D eigenvalue weighted by Gasteiger charge is 2.15. The van der Waals surface area contributed by atoms with Crippen LogP contribution in [-0.4, -0.2) is 26.8 Å². The van der Waals surface area contributed by atoms with Crippen molar-refractivity contribution in [1.29, 1.82) is 0 Å². The number of rotatable bonds is 8. The van der Waals surface area contributed by atoms with Crippen LogP contribution in [0.1, 0.15) is 31.4 Å². The molecule has 0 aliphatic rings. The minimum Gasteiger partial charge on any atom is -0.326 e. The van der Waals surface area contributed by atoms with Gasteiger partial charge in [-0.1, -0.05) is 25.1 Å². The summed E-state index contributed by atoms with van der Waals surface area (Å²) < 4.78 is 27.1. The molecule has 2 aromatic rings. The molecule has 0 aliphatic carbocycles. The predicted molar refractivity (Wildman–Crippen MR) is 110 cm³/mol. The SMILES string of the molecule is CCc1cccc(C)c1NC(=O)CCNS(=O)(=O)c1ccc(NC(C)=O)cc1. The molecule has 0 saturated carbocycles. The molecule has 2 rings (SSSR count). The van der Waals surface area contributed by atoms with Gasteiger partial charge in [-0.2, -0.15) is 0 Å². The van der Waals surface area contributed by atoms with Crippen LogP contribution < -0.4 is 15.4 Å². The number of hydrogen-bond acceptors (Lipinski definition) is 4. The van der Waals surface area contributed by atoms with Crippen molar-refractivity contribution in [3.63, 3.8) is 0 Å². The summed E-state index contributed by atoms with van der Waals surface area (Å²) in [6, 6.07) is 11.6. The van der Waals surface area contributed by atoms with Crippen LogP contribution in [0.3, 0.4) is 0 Å². The van der Waals surface area contributed by atoms with Crippen LogP contribution in [0.2, 0.25) is 0 Å². The van der Waals surface area contributed by atoms with Gasteiger partial charge in [-0.3, -0.25) is 9.59 Å². The molecule has 8 heteroatoms. The number of aryl methyl sites for hydroxylation is 2. The van der Waals surface area contributed by atoms with E-state index in [0.717, 1.165) is 23.2 Å². The van der Waals surface area contributed by atoms with E-state index < -0.39 is 10.0 Å². The van der Waals surface area contributed by atoms with Crippen molar-refractivity contribution in [3.05, 3.63) is 53.6 Å². The van der Waals surface area contributed by atoms with Gasteiger partial charge in [-0.25, -0.2) is 13.1 Å². The van der Waals surface area contributed by atoms with E-state index in [-0.39, 0.29) is 29.7 Å². The maximum Gasteiger partial charge on any atom is 0.240 e. The highest BCUT2D eigenvalue weighted by atomic mass is 32.2. The lowest BCUT2D eigenvalue weighted by atomic mass is 10.1. The van der Waals surface area contributed by atoms with Crippen LogP contribution in [-0.2, 0) is 26.0 Å². The van der Waals surface area contributed by atoms with Crippen molar-refractivity contribution in [2.45, 2.75) is 38.5 Å². The normalized spacial score (nSPS) is 11.1. The smallest absolute Gasteiger partial charge is 0.240 e. The van der Waals surface area contributed by atoms with Gasteiger partial charge in [-0.15, -0.1) is 0 Å². The molecule has 0 spiro atoms. The number of hydrogen-bond donors (Lipinski definition) is 3. The highest BCUT2D eigenvalue weighted by Crippen LogP contribution is 2.21. The maximum absolute atomic E-state index is 12.3. The topological polar surface area (TPSA) is 104 Å². The van der Waals surface area contributed by atoms with Crippen molar-refractivity contribution in [3.8, 4) is 0 Å². The third kappa shape index (κ3) is 5.90. The first-order valence-corrected chi connectivity index (χ1v) is 10.5. The van der Waals surface area contributed by atoms with Crippen LogP contribution in [0.4, 0.5) is 11.4 Å². The van der Waals surface area contributed by atoms with Gasteiger partial charge in [0.1, 0.15) is 0 Å². The van der Waals surface area contributed by atoms with Crippen LogP contribution in [0.5, 0.6) is 0 Å². The molecule has 0 aliphatic heterocycles. The van der Waals surface area contributed by atoms with Crippen molar-refractivity contribution in [2.75, 3.05) is 17.2 Å². The second-order valence-electron chi connectivity index (χ2n) is 6.36. The largest absolute Gasteiger partial charge is 0.326 e. The third-order valence-electron chi connectivity index (χ3n) is 4.13. The fraction of sp³-hybridized carbons (Fsp3) is 0.300. The van der Waals surface area contributed by atoms with E-state index in [4.69, 9.17) is 0 Å². The molecule has 2 amide bonds. The quantitative estimate of drug-likeness (QED) is 0.630. The maximum atomic E-state index is 12.3. The Kier molecular flexibility index (Phi) is 7.31. The van der Waals surface area contributed by atoms with Crippen molar-refractivity contribution in [1.82, 2.24) is 4.72 Å². The number of sulfonamides is 1. The summed E-state index contributed by atoms with van der Waals surface area (Å²) >= 11 is 0. The first-order valence-electron chi connectivity index (χ1n) is 8.98. The average Bonchev–Trinajstić information content (AvgIpc) is 2.63. The van der Waals surface area contributed by atoms with E-state index in [9.17, 15) is 18.0 Å². The molecule has 0 unspecified atom stereocenters. The van der Waals surface area contributed by atoms with Crippen LogP contribution >= 0.6 is 0 Å². The molecule has 0 fully saturated rings. The van der Waals surface area contributed by atoms with Crippen LogP contribution in [0.25, 0.3) is 0 Å². The van der Waals surface area contributed by atoms with Gasteiger partial charge in [0, 0.05) is 31.3 Å². The van der Waals surface area contributed by atoms with E-state index in [2.05, 4.69) is 15.4 Å². The Bertz CT molecular complexity index is 954. The molecular formula is C20H25N3O4S. The molecular weight excluding hydrogens is 378 g/mol. The molecule has 0 saturated heterocycles. The summed E-state index contributed by atoms with van der Waals surface area (Å²) in [5.41, 5.74) is 3.29. The standard InChI is InChI=1S/C20H25N3O4S/c1-4-16-7-5-6-14(2)20(16)23-19(25)12-13-21-28(26,27)18-10-8-17(9-11-18)22-15(3)24/h5-11,21H,4,12-13H2,1-3H3,(H,22,24)(H,23,25). The lowest BCUT2D eigenvalue weighted by molar-refractivity contribution is -0.116. The van der Waals surface area contributed by atoms with E-state index in [1.165, 1.54) is 31.2 Å². The molecule has 2 aromatic carbocycles. The highest BCUT2D eigenvalue weighted by molar-refractivity contribution is 7.89. The monoisotopic (exact) mass is 403 g/mol. The van der Waals surface area contributed by atoms with E-state index in [0.29, 0.717) is 5.69 Å². The second kappa shape index (κ2) is 9.48. The summed E-state index contributed by atoms with van der Waals surface area (Å²) in [4.78, 5) is 23.3. The van der Waals surface area contributed by atoms with Crippen LogP contribution in [0.15, 0.2) is 47.4 Å². The summed E-state index contributed by atoms with van der Waals surface area (Å²) in [7, 11) is -3.74. The summed E-state index contributed by atoms with van der Waals surface area (Å²) in [6.45, 7) is 5.28. The lowest BCUT2D eigenvalue weighted by Gasteiger charge is -2.13. The Morgan fingerprint density at radius 1 is 1.00 bits per heavy atom. The first kappa shape index (κ1) is 21.6. The number of amides is 2. The Labute approximate surface area is 165 Å². The van der Waals surface area contributed by atoms with Gasteiger partial charge < -0.3 is 10.6 Å². The van der Waals surface area contributed by atoms with Gasteiger partial charge in [-0.05, 0) is 48.7 Å². The first-order chi connectivity index (χ1) is 13.2. The Morgan fingerprint density at radius 2 is 1.68 bits per heavy atom. The fourth-order valence-corrected chi connectivity index (χ4v) is 3.74. The number of anilines is 2. The zero-order valence-corrected chi connectivity index (χ0v) is 17.0. The number of carbonyl (C=O) groups is 2. The van der Waals surface area contributed by atoms with Crippen molar-refractivity contribution >= 4 is 33.2 Å². The zero-order chi connectivity index (χ0) is 20.7. The Morgan fingerprint density at radius 3 is 2.29 bits per heavy atom. The molecule has 0 atom stereocenters. The number of carbonyl (C=O) groups excluding carboxylic acids is 2. The third-order valence-corrected chi connectivity index (χ3v) is 5.61. The zero-order valence-electron chi connectivity index (χ0n) is 16.2. The molecule has 28 heavy (non-hydrogen) atoms. The minimum absolute atomic E-state index is 0.0146. The molecule has 0 radical (unpaired) electrons. The molecule has 0 aromatic heterocycles. The van der Waals surface area contributed by atoms with E-state index >= 15 is 0 Å². The summed E-state index contributed by atoms with van der Waals surface area (Å²) in [5.74, 6) is -0.493. The van der Waals surface area contributed by atoms with E-state index in [1.54, 1.807) is 0 Å². The number of para-hydroxylation sites is 1. The molecule has 0 bridgehead atoms. The van der Waals surface area contributed by atoms with E-state index in [1.807, 2.05) is 32.0 Å². The Balaban J connectivity index is 1.93. The molecule has 7 nitrogen and oxygen atoms in total. The molecule has 0 heterocycles. The number of benzene rings is 2. The van der Waals surface area contributed by atoms with Crippen LogP contribution in [0, 0.1) is 6.92 Å². The Hall–Kier alpha value is -2.71. The predicted octanol–water partition coefficient (Wildman–Crippen LogP) is 2.82. The van der Waals surface area contributed by atoms with Gasteiger partial charge in [0.2, 0.25) is 21.8 Å². The number of nitrogens with one attached hydrogen (secondary N) is 3. The fourth-order valence-electron chi connectivity index (χ4n) is 2.71.